The van der Waals surface area contributed by atoms with Gasteiger partial charge in [-0.3, -0.25) is 4.79 Å². The van der Waals surface area contributed by atoms with Crippen LogP contribution in [0.4, 0.5) is 0 Å². The smallest absolute Gasteiger partial charge is 0.275 e. The number of carbonyl (C=O) groups excluding carboxylic acids is 1. The molecule has 1 aromatic carbocycles. The van der Waals surface area contributed by atoms with Gasteiger partial charge in [0.2, 0.25) is 20.0 Å². The van der Waals surface area contributed by atoms with Crippen molar-refractivity contribution in [3.05, 3.63) is 24.3 Å². The number of hydrogen-bond donors (Lipinski definition) is 3. The molecule has 1 saturated heterocycles. The van der Waals surface area contributed by atoms with Crippen molar-refractivity contribution >= 4 is 26.0 Å². The Morgan fingerprint density at radius 3 is 2.08 bits per heavy atom. The second-order valence-corrected chi connectivity index (χ2v) is 10.1. The lowest BCUT2D eigenvalue weighted by Crippen LogP contribution is -3.15. The van der Waals surface area contributed by atoms with Crippen LogP contribution >= 0.6 is 0 Å². The highest BCUT2D eigenvalue weighted by atomic mass is 32.2. The molecule has 1 aromatic rings. The summed E-state index contributed by atoms with van der Waals surface area (Å²) < 4.78 is 49.2. The normalized spacial score (nSPS) is 17.4. The number of nitrogens with zero attached hydrogens (tertiary/aromatic N) is 1. The lowest BCUT2D eigenvalue weighted by molar-refractivity contribution is -0.895. The molecule has 1 aliphatic heterocycles. The number of benzene rings is 1. The quantitative estimate of drug-likeness (QED) is 0.492. The van der Waals surface area contributed by atoms with Crippen LogP contribution in [0.5, 0.6) is 0 Å². The maximum atomic E-state index is 12.7. The molecule has 26 heavy (non-hydrogen) atoms. The first-order valence-electron chi connectivity index (χ1n) is 8.26. The van der Waals surface area contributed by atoms with Gasteiger partial charge in [0.15, 0.2) is 6.54 Å². The first kappa shape index (κ1) is 20.8. The van der Waals surface area contributed by atoms with Crippen LogP contribution in [0.25, 0.3) is 0 Å². The molecular weight excluding hydrogens is 380 g/mol. The summed E-state index contributed by atoms with van der Waals surface area (Å²) in [5, 5.41) is 7.84. The summed E-state index contributed by atoms with van der Waals surface area (Å²) in [4.78, 5) is 12.7. The molecule has 1 fully saturated rings. The predicted molar refractivity (Wildman–Crippen MR) is 95.4 cm³/mol. The summed E-state index contributed by atoms with van der Waals surface area (Å²) >= 11 is 0. The molecule has 2 rings (SSSR count). The maximum absolute atomic E-state index is 12.7. The van der Waals surface area contributed by atoms with Crippen molar-refractivity contribution in [2.45, 2.75) is 29.7 Å². The highest BCUT2D eigenvalue weighted by molar-refractivity contribution is 7.89. The number of rotatable bonds is 6. The van der Waals surface area contributed by atoms with E-state index in [9.17, 15) is 21.6 Å². The van der Waals surface area contributed by atoms with E-state index in [-0.39, 0.29) is 21.7 Å². The average molecular weight is 406 g/mol. The third kappa shape index (κ3) is 5.24. The topological polar surface area (TPSA) is 131 Å². The molecule has 11 heteroatoms. The molecule has 1 amide bonds. The van der Waals surface area contributed by atoms with Crippen LogP contribution in [-0.2, 0) is 24.8 Å². The molecule has 0 aromatic heterocycles. The van der Waals surface area contributed by atoms with E-state index in [1.54, 1.807) is 0 Å². The van der Waals surface area contributed by atoms with E-state index in [1.165, 1.54) is 28.6 Å². The molecule has 146 valence electrons. The third-order valence-corrected chi connectivity index (χ3v) is 6.92. The Hall–Kier alpha value is -1.53. The first-order valence-corrected chi connectivity index (χ1v) is 11.2. The van der Waals surface area contributed by atoms with Gasteiger partial charge in [0.05, 0.1) is 36.0 Å². The zero-order valence-corrected chi connectivity index (χ0v) is 16.4. The summed E-state index contributed by atoms with van der Waals surface area (Å²) in [5.74, 6) is -0.0510. The molecule has 1 heterocycles. The van der Waals surface area contributed by atoms with Crippen LogP contribution in [0.2, 0.25) is 0 Å². The number of quaternary nitrogens is 1. The Bertz CT molecular complexity index is 843. The zero-order chi connectivity index (χ0) is 19.5. The molecule has 0 bridgehead atoms. The third-order valence-electron chi connectivity index (χ3n) is 4.08. The molecule has 1 aliphatic rings. The van der Waals surface area contributed by atoms with E-state index in [0.29, 0.717) is 32.7 Å². The number of hydrogen-bond acceptors (Lipinski definition) is 5. The summed E-state index contributed by atoms with van der Waals surface area (Å²) in [5.41, 5.74) is 0. The number of primary sulfonamides is 1. The second-order valence-electron chi connectivity index (χ2n) is 6.57. The van der Waals surface area contributed by atoms with Gasteiger partial charge in [-0.15, -0.1) is 0 Å². The van der Waals surface area contributed by atoms with E-state index in [4.69, 9.17) is 5.14 Å². The summed E-state index contributed by atoms with van der Waals surface area (Å²) in [6, 6.07) is 4.92. The predicted octanol–water partition coefficient (Wildman–Crippen LogP) is -2.25. The minimum Gasteiger partial charge on any atom is -0.349 e. The zero-order valence-electron chi connectivity index (χ0n) is 14.8. The van der Waals surface area contributed by atoms with Crippen molar-refractivity contribution < 1.29 is 26.5 Å². The number of piperazine rings is 1. The van der Waals surface area contributed by atoms with Gasteiger partial charge < -0.3 is 10.2 Å². The maximum Gasteiger partial charge on any atom is 0.275 e. The van der Waals surface area contributed by atoms with Gasteiger partial charge in [-0.1, -0.05) is 0 Å². The fraction of sp³-hybridized carbons (Fsp3) is 0.533. The summed E-state index contributed by atoms with van der Waals surface area (Å²) in [7, 11) is -7.58. The van der Waals surface area contributed by atoms with Crippen LogP contribution < -0.4 is 15.4 Å². The van der Waals surface area contributed by atoms with Crippen LogP contribution in [0.15, 0.2) is 34.1 Å². The standard InChI is InChI=1S/C15H24N4O5S2/c1-12(2)17-15(20)11-18-7-9-19(10-8-18)26(23,24)14-5-3-13(4-6-14)25(16,21)22/h3-6,12H,7-11H2,1-2H3,(H,17,20)(H2,16,21,22)/p+1. The van der Waals surface area contributed by atoms with Gasteiger partial charge in [0.25, 0.3) is 5.91 Å². The first-order chi connectivity index (χ1) is 12.0. The van der Waals surface area contributed by atoms with Crippen molar-refractivity contribution in [3.63, 3.8) is 0 Å². The van der Waals surface area contributed by atoms with E-state index in [0.717, 1.165) is 4.90 Å². The monoisotopic (exact) mass is 405 g/mol. The van der Waals surface area contributed by atoms with Crippen molar-refractivity contribution in [1.82, 2.24) is 9.62 Å². The van der Waals surface area contributed by atoms with Crippen LogP contribution in [-0.4, -0.2) is 65.8 Å². The number of carbonyl (C=O) groups is 1. The molecule has 4 N–H and O–H groups in total. The minimum atomic E-state index is -3.87. The Morgan fingerprint density at radius 1 is 1.12 bits per heavy atom. The molecule has 0 saturated carbocycles. The number of nitrogens with one attached hydrogen (secondary N) is 2. The fourth-order valence-electron chi connectivity index (χ4n) is 2.77. The molecule has 0 radical (unpaired) electrons. The van der Waals surface area contributed by atoms with E-state index < -0.39 is 20.0 Å². The van der Waals surface area contributed by atoms with Gasteiger partial charge in [-0.05, 0) is 38.1 Å². The Balaban J connectivity index is 2.00. The van der Waals surface area contributed by atoms with Crippen molar-refractivity contribution in [1.29, 1.82) is 0 Å². The minimum absolute atomic E-state index is 0.0194. The highest BCUT2D eigenvalue weighted by Crippen LogP contribution is 2.17. The molecule has 0 unspecified atom stereocenters. The molecule has 0 spiro atoms. The molecular formula is C15H25N4O5S2+. The van der Waals surface area contributed by atoms with E-state index in [2.05, 4.69) is 5.32 Å². The SMILES string of the molecule is CC(C)NC(=O)C[NH+]1CCN(S(=O)(=O)c2ccc(S(N)(=O)=O)cc2)CC1. The van der Waals surface area contributed by atoms with Crippen LogP contribution in [0, 0.1) is 0 Å². The summed E-state index contributed by atoms with van der Waals surface area (Å²) in [6.07, 6.45) is 0. The number of sulfonamides is 2. The van der Waals surface area contributed by atoms with Crippen molar-refractivity contribution in [3.8, 4) is 0 Å². The van der Waals surface area contributed by atoms with Crippen molar-refractivity contribution in [2.75, 3.05) is 32.7 Å². The van der Waals surface area contributed by atoms with Crippen LogP contribution in [0.3, 0.4) is 0 Å². The fourth-order valence-corrected chi connectivity index (χ4v) is 4.73. The lowest BCUT2D eigenvalue weighted by Gasteiger charge is -2.31. The molecule has 0 atom stereocenters. The Labute approximate surface area is 154 Å². The van der Waals surface area contributed by atoms with Gasteiger partial charge >= 0.3 is 0 Å². The number of nitrogens with two attached hydrogens (primary N) is 1. The average Bonchev–Trinajstić information content (AvgIpc) is 2.54. The Kier molecular flexibility index (Phi) is 6.40. The van der Waals surface area contributed by atoms with Crippen LogP contribution in [0.1, 0.15) is 13.8 Å². The van der Waals surface area contributed by atoms with Gasteiger partial charge in [-0.25, -0.2) is 22.0 Å². The Morgan fingerprint density at radius 2 is 1.62 bits per heavy atom. The highest BCUT2D eigenvalue weighted by Gasteiger charge is 2.31. The van der Waals surface area contributed by atoms with Crippen molar-refractivity contribution in [2.24, 2.45) is 5.14 Å². The van der Waals surface area contributed by atoms with Gasteiger partial charge in [0, 0.05) is 6.04 Å². The van der Waals surface area contributed by atoms with E-state index in [1.807, 2.05) is 13.8 Å². The van der Waals surface area contributed by atoms with E-state index >= 15 is 0 Å². The molecule has 9 nitrogen and oxygen atoms in total. The second kappa shape index (κ2) is 8.01. The van der Waals surface area contributed by atoms with Gasteiger partial charge in [-0.2, -0.15) is 4.31 Å². The largest absolute Gasteiger partial charge is 0.349 e. The lowest BCUT2D eigenvalue weighted by atomic mass is 10.3. The molecule has 0 aliphatic carbocycles. The van der Waals surface area contributed by atoms with Gasteiger partial charge in [0.1, 0.15) is 0 Å². The number of amides is 1. The summed E-state index contributed by atoms with van der Waals surface area (Å²) in [6.45, 7) is 5.74.